The van der Waals surface area contributed by atoms with Crippen LogP contribution in [0.25, 0.3) is 11.1 Å². The lowest BCUT2D eigenvalue weighted by molar-refractivity contribution is -0.274. The molecule has 61 heavy (non-hydrogen) atoms. The fourth-order valence-electron chi connectivity index (χ4n) is 6.47. The molecule has 6 aromatic rings. The van der Waals surface area contributed by atoms with Crippen molar-refractivity contribution < 1.29 is 41.8 Å². The molecule has 2 aliphatic heterocycles. The minimum atomic E-state index is -4.81. The van der Waals surface area contributed by atoms with E-state index in [1.165, 1.54) is 17.0 Å². The zero-order valence-electron chi connectivity index (χ0n) is 32.3. The molecule has 2 aromatic heterocycles. The molecule has 0 saturated carbocycles. The second-order valence-corrected chi connectivity index (χ2v) is 13.4. The summed E-state index contributed by atoms with van der Waals surface area (Å²) in [5.74, 6) is -1.42. The van der Waals surface area contributed by atoms with Crippen molar-refractivity contribution in [3.63, 3.8) is 0 Å². The van der Waals surface area contributed by atoms with Gasteiger partial charge in [-0.2, -0.15) is 0 Å². The molecule has 4 heterocycles. The average molecular weight is 825 g/mol. The number of ether oxygens (including phenoxy) is 2. The zero-order chi connectivity index (χ0) is 42.9. The van der Waals surface area contributed by atoms with Gasteiger partial charge in [-0.1, -0.05) is 72.8 Å². The number of carbonyl (C=O) groups excluding carboxylic acids is 4. The SMILES string of the molecule is COc1ccc(NC2=C(c3ccccc3)C(=O)N(Cc3cccnc3)C2=O)cc1.O=C1C(Nc2ccc(OC(F)(F)F)cc2)=C(c2ccccc2)C(=O)N1Cc1cccnc1. The van der Waals surface area contributed by atoms with E-state index in [1.54, 1.807) is 105 Å². The van der Waals surface area contributed by atoms with E-state index < -0.39 is 23.9 Å². The maximum atomic E-state index is 13.2. The molecule has 2 aliphatic rings. The maximum absolute atomic E-state index is 13.2. The highest BCUT2D eigenvalue weighted by Crippen LogP contribution is 2.34. The standard InChI is InChI=1S/C23H16F3N3O3.C23H19N3O3/c24-23(25,26)32-18-10-8-17(9-11-18)28-20-19(16-6-2-1-3-7-16)21(30)29(22(20)31)14-15-5-4-12-27-13-15;1-29-19-11-9-18(10-12-19)25-21-20(17-7-3-2-4-8-17)22(27)26(23(21)28)15-16-6-5-13-24-14-16/h1-13,28H,14H2;2-14,25H,15H2,1H3. The number of halogens is 3. The lowest BCUT2D eigenvalue weighted by Crippen LogP contribution is -2.32. The van der Waals surface area contributed by atoms with Crippen molar-refractivity contribution in [1.29, 1.82) is 0 Å². The average Bonchev–Trinajstić information content (AvgIpc) is 3.64. The quantitative estimate of drug-likeness (QED) is 0.117. The summed E-state index contributed by atoms with van der Waals surface area (Å²) in [6.45, 7) is 0.195. The number of aromatic nitrogens is 2. The van der Waals surface area contributed by atoms with Crippen LogP contribution in [-0.2, 0) is 32.3 Å². The number of amides is 4. The first-order valence-electron chi connectivity index (χ1n) is 18.6. The largest absolute Gasteiger partial charge is 0.573 e. The number of imide groups is 2. The summed E-state index contributed by atoms with van der Waals surface area (Å²) in [5, 5.41) is 6.02. The van der Waals surface area contributed by atoms with Gasteiger partial charge in [0.1, 0.15) is 22.9 Å². The third-order valence-corrected chi connectivity index (χ3v) is 9.30. The summed E-state index contributed by atoms with van der Waals surface area (Å²) < 4.78 is 46.2. The van der Waals surface area contributed by atoms with Crippen molar-refractivity contribution in [3.05, 3.63) is 192 Å². The molecule has 0 aliphatic carbocycles. The molecular formula is C46H35F3N6O6. The maximum Gasteiger partial charge on any atom is 0.573 e. The lowest BCUT2D eigenvalue weighted by atomic mass is 10.0. The van der Waals surface area contributed by atoms with E-state index in [0.29, 0.717) is 39.4 Å². The van der Waals surface area contributed by atoms with Crippen LogP contribution in [0.2, 0.25) is 0 Å². The van der Waals surface area contributed by atoms with Gasteiger partial charge in [-0.15, -0.1) is 13.2 Å². The molecule has 306 valence electrons. The molecule has 0 fully saturated rings. The fourth-order valence-corrected chi connectivity index (χ4v) is 6.47. The number of hydrogen-bond acceptors (Lipinski definition) is 10. The molecule has 0 spiro atoms. The number of nitrogens with one attached hydrogen (secondary N) is 2. The highest BCUT2D eigenvalue weighted by molar-refractivity contribution is 6.37. The number of benzene rings is 4. The highest BCUT2D eigenvalue weighted by Gasteiger charge is 2.40. The van der Waals surface area contributed by atoms with Gasteiger partial charge in [-0.05, 0) is 82.9 Å². The minimum Gasteiger partial charge on any atom is -0.497 e. The molecular weight excluding hydrogens is 790 g/mol. The molecule has 0 saturated heterocycles. The Morgan fingerprint density at radius 1 is 0.525 bits per heavy atom. The molecule has 12 nitrogen and oxygen atoms in total. The summed E-state index contributed by atoms with van der Waals surface area (Å²) in [6.07, 6.45) is 1.65. The summed E-state index contributed by atoms with van der Waals surface area (Å²) >= 11 is 0. The predicted molar refractivity (Wildman–Crippen MR) is 220 cm³/mol. The van der Waals surface area contributed by atoms with Crippen molar-refractivity contribution in [2.24, 2.45) is 0 Å². The molecule has 8 rings (SSSR count). The molecule has 4 aromatic carbocycles. The number of pyridine rings is 2. The summed E-state index contributed by atoms with van der Waals surface area (Å²) in [4.78, 5) is 63.1. The number of alkyl halides is 3. The summed E-state index contributed by atoms with van der Waals surface area (Å²) in [7, 11) is 1.59. The smallest absolute Gasteiger partial charge is 0.497 e. The first-order valence-corrected chi connectivity index (χ1v) is 18.6. The van der Waals surface area contributed by atoms with Crippen molar-refractivity contribution in [2.75, 3.05) is 17.7 Å². The van der Waals surface area contributed by atoms with E-state index in [-0.39, 0.29) is 41.9 Å². The van der Waals surface area contributed by atoms with E-state index in [9.17, 15) is 32.3 Å². The van der Waals surface area contributed by atoms with Gasteiger partial charge in [0, 0.05) is 36.2 Å². The molecule has 0 radical (unpaired) electrons. The number of hydrogen-bond donors (Lipinski definition) is 2. The van der Waals surface area contributed by atoms with Crippen LogP contribution in [0.4, 0.5) is 24.5 Å². The summed E-state index contributed by atoms with van der Waals surface area (Å²) in [5.41, 5.74) is 4.54. The Morgan fingerprint density at radius 2 is 0.934 bits per heavy atom. The second kappa shape index (κ2) is 18.2. The minimum absolute atomic E-state index is 0.0331. The van der Waals surface area contributed by atoms with Gasteiger partial charge < -0.3 is 20.1 Å². The molecule has 0 bridgehead atoms. The Balaban J connectivity index is 0.000000185. The van der Waals surface area contributed by atoms with E-state index in [2.05, 4.69) is 25.3 Å². The van der Waals surface area contributed by atoms with Crippen LogP contribution < -0.4 is 20.1 Å². The molecule has 4 amide bonds. The second-order valence-electron chi connectivity index (χ2n) is 13.4. The third kappa shape index (κ3) is 9.80. The zero-order valence-corrected chi connectivity index (χ0v) is 32.3. The molecule has 0 atom stereocenters. The molecule has 0 unspecified atom stereocenters. The monoisotopic (exact) mass is 824 g/mol. The van der Waals surface area contributed by atoms with Crippen LogP contribution in [0.15, 0.2) is 170 Å². The lowest BCUT2D eigenvalue weighted by Gasteiger charge is -2.15. The van der Waals surface area contributed by atoms with Crippen molar-refractivity contribution in [3.8, 4) is 11.5 Å². The normalized spacial score (nSPS) is 14.0. The van der Waals surface area contributed by atoms with Crippen LogP contribution in [0, 0.1) is 0 Å². The molecule has 15 heteroatoms. The Morgan fingerprint density at radius 3 is 1.30 bits per heavy atom. The van der Waals surface area contributed by atoms with E-state index in [1.807, 2.05) is 36.4 Å². The number of carbonyl (C=O) groups is 4. The highest BCUT2D eigenvalue weighted by atomic mass is 19.4. The van der Waals surface area contributed by atoms with Crippen molar-refractivity contribution >= 4 is 46.1 Å². The number of anilines is 2. The Hall–Kier alpha value is -8.07. The van der Waals surface area contributed by atoms with Crippen LogP contribution in [0.3, 0.4) is 0 Å². The Labute approximate surface area is 347 Å². The van der Waals surface area contributed by atoms with Crippen molar-refractivity contribution in [1.82, 2.24) is 19.8 Å². The summed E-state index contributed by atoms with van der Waals surface area (Å²) in [6, 6.07) is 37.0. The number of rotatable bonds is 12. The van der Waals surface area contributed by atoms with Gasteiger partial charge >= 0.3 is 6.36 Å². The van der Waals surface area contributed by atoms with Crippen LogP contribution >= 0.6 is 0 Å². The Bertz CT molecular complexity index is 2590. The van der Waals surface area contributed by atoms with Crippen LogP contribution in [0.1, 0.15) is 22.3 Å². The van der Waals surface area contributed by atoms with Gasteiger partial charge in [-0.3, -0.25) is 38.9 Å². The first kappa shape index (κ1) is 41.1. The Kier molecular flexibility index (Phi) is 12.3. The van der Waals surface area contributed by atoms with E-state index in [0.717, 1.165) is 22.6 Å². The topological polar surface area (TPSA) is 143 Å². The fraction of sp³-hybridized carbons (Fsp3) is 0.0870. The van der Waals surface area contributed by atoms with Crippen LogP contribution in [-0.4, -0.2) is 56.9 Å². The third-order valence-electron chi connectivity index (χ3n) is 9.30. The molecule has 2 N–H and O–H groups in total. The number of nitrogens with zero attached hydrogens (tertiary/aromatic N) is 4. The van der Waals surface area contributed by atoms with Gasteiger partial charge in [0.2, 0.25) is 0 Å². The number of methoxy groups -OCH3 is 1. The van der Waals surface area contributed by atoms with E-state index >= 15 is 0 Å². The van der Waals surface area contributed by atoms with Crippen LogP contribution in [0.5, 0.6) is 11.5 Å². The predicted octanol–water partition coefficient (Wildman–Crippen LogP) is 7.85. The van der Waals surface area contributed by atoms with E-state index in [4.69, 9.17) is 4.74 Å². The van der Waals surface area contributed by atoms with Gasteiger partial charge in [0.15, 0.2) is 0 Å². The van der Waals surface area contributed by atoms with Gasteiger partial charge in [0.25, 0.3) is 23.6 Å². The van der Waals surface area contributed by atoms with Gasteiger partial charge in [0.05, 0.1) is 31.3 Å². The first-order chi connectivity index (χ1) is 29.5. The van der Waals surface area contributed by atoms with Crippen molar-refractivity contribution in [2.45, 2.75) is 19.5 Å². The van der Waals surface area contributed by atoms with Gasteiger partial charge in [-0.25, -0.2) is 0 Å².